The van der Waals surface area contributed by atoms with Crippen LogP contribution in [0.25, 0.3) is 0 Å². The zero-order valence-electron chi connectivity index (χ0n) is 14.2. The molecule has 136 valence electrons. The predicted molar refractivity (Wildman–Crippen MR) is 99.3 cm³/mol. The van der Waals surface area contributed by atoms with Gasteiger partial charge >= 0.3 is 0 Å². The summed E-state index contributed by atoms with van der Waals surface area (Å²) in [5, 5.41) is 3.97. The Morgan fingerprint density at radius 3 is 2.77 bits per heavy atom. The third-order valence-corrected chi connectivity index (χ3v) is 4.23. The molecule has 2 aromatic carbocycles. The predicted octanol–water partition coefficient (Wildman–Crippen LogP) is 2.76. The number of para-hydroxylation sites is 2. The van der Waals surface area contributed by atoms with Crippen LogP contribution in [0.1, 0.15) is 5.56 Å². The van der Waals surface area contributed by atoms with Gasteiger partial charge in [0.15, 0.2) is 23.0 Å². The first-order valence-electron chi connectivity index (χ1n) is 7.75. The van der Waals surface area contributed by atoms with Crippen LogP contribution in [-0.2, 0) is 4.79 Å². The van der Waals surface area contributed by atoms with Crippen LogP contribution in [0.4, 0.5) is 0 Å². The van der Waals surface area contributed by atoms with E-state index in [1.807, 2.05) is 12.1 Å². The highest BCUT2D eigenvalue weighted by Crippen LogP contribution is 2.35. The molecule has 0 fully saturated rings. The van der Waals surface area contributed by atoms with Crippen molar-refractivity contribution in [3.8, 4) is 23.0 Å². The standard InChI is InChI=1S/C18H17BrN2O5/c1-23-15-8-11(7-12(19)17(15)24-2)9-20-21-18(22)16-10-25-13-5-3-4-6-14(13)26-16/h3-9,16H,10H2,1-2H3,(H,21,22)/b20-9-/t16-/m1/s1. The Labute approximate surface area is 159 Å². The maximum atomic E-state index is 12.2. The number of amides is 1. The van der Waals surface area contributed by atoms with Gasteiger partial charge in [-0.3, -0.25) is 4.79 Å². The van der Waals surface area contributed by atoms with Crippen LogP contribution in [0.3, 0.4) is 0 Å². The number of carbonyl (C=O) groups excluding carboxylic acids is 1. The van der Waals surface area contributed by atoms with E-state index in [1.165, 1.54) is 6.21 Å². The molecule has 0 radical (unpaired) electrons. The summed E-state index contributed by atoms with van der Waals surface area (Å²) < 4.78 is 22.4. The number of rotatable bonds is 5. The molecule has 1 amide bonds. The van der Waals surface area contributed by atoms with Gasteiger partial charge in [-0.1, -0.05) is 12.1 Å². The van der Waals surface area contributed by atoms with E-state index in [4.69, 9.17) is 18.9 Å². The fraction of sp³-hybridized carbons (Fsp3) is 0.222. The molecule has 1 atom stereocenters. The third-order valence-electron chi connectivity index (χ3n) is 3.65. The number of ether oxygens (including phenoxy) is 4. The minimum absolute atomic E-state index is 0.125. The first kappa shape index (κ1) is 18.1. The van der Waals surface area contributed by atoms with E-state index in [1.54, 1.807) is 38.5 Å². The third kappa shape index (κ3) is 3.91. The lowest BCUT2D eigenvalue weighted by Crippen LogP contribution is -2.42. The summed E-state index contributed by atoms with van der Waals surface area (Å²) >= 11 is 3.41. The number of carbonyl (C=O) groups is 1. The molecule has 0 bridgehead atoms. The van der Waals surface area contributed by atoms with Gasteiger partial charge in [0.1, 0.15) is 6.61 Å². The lowest BCUT2D eigenvalue weighted by atomic mass is 10.2. The lowest BCUT2D eigenvalue weighted by Gasteiger charge is -2.24. The average molecular weight is 421 g/mol. The van der Waals surface area contributed by atoms with Crippen molar-refractivity contribution in [1.29, 1.82) is 0 Å². The summed E-state index contributed by atoms with van der Waals surface area (Å²) in [4.78, 5) is 12.2. The van der Waals surface area contributed by atoms with Crippen LogP contribution < -0.4 is 24.4 Å². The first-order valence-corrected chi connectivity index (χ1v) is 8.54. The fourth-order valence-electron chi connectivity index (χ4n) is 2.40. The number of hydrogen-bond acceptors (Lipinski definition) is 6. The van der Waals surface area contributed by atoms with Gasteiger partial charge in [0, 0.05) is 0 Å². The maximum absolute atomic E-state index is 12.2. The van der Waals surface area contributed by atoms with Gasteiger partial charge in [0.05, 0.1) is 24.9 Å². The number of fused-ring (bicyclic) bond motifs is 1. The van der Waals surface area contributed by atoms with Crippen LogP contribution in [0.5, 0.6) is 23.0 Å². The van der Waals surface area contributed by atoms with E-state index < -0.39 is 12.0 Å². The Morgan fingerprint density at radius 2 is 2.04 bits per heavy atom. The maximum Gasteiger partial charge on any atom is 0.284 e. The van der Waals surface area contributed by atoms with E-state index in [0.717, 1.165) is 5.56 Å². The minimum atomic E-state index is -0.765. The number of hydrazone groups is 1. The Balaban J connectivity index is 1.64. The van der Waals surface area contributed by atoms with Gasteiger partial charge in [-0.25, -0.2) is 5.43 Å². The van der Waals surface area contributed by atoms with Crippen molar-refractivity contribution in [2.24, 2.45) is 5.10 Å². The first-order chi connectivity index (χ1) is 12.6. The van der Waals surface area contributed by atoms with Crippen LogP contribution >= 0.6 is 15.9 Å². The van der Waals surface area contributed by atoms with Crippen LogP contribution in [-0.4, -0.2) is 39.1 Å². The van der Waals surface area contributed by atoms with Gasteiger partial charge in [-0.05, 0) is 45.8 Å². The summed E-state index contributed by atoms with van der Waals surface area (Å²) in [7, 11) is 3.10. The van der Waals surface area contributed by atoms with Crippen molar-refractivity contribution in [1.82, 2.24) is 5.43 Å². The summed E-state index contributed by atoms with van der Waals surface area (Å²) in [6, 6.07) is 10.7. The Morgan fingerprint density at radius 1 is 1.27 bits per heavy atom. The molecule has 26 heavy (non-hydrogen) atoms. The summed E-state index contributed by atoms with van der Waals surface area (Å²) in [5.74, 6) is 1.90. The van der Waals surface area contributed by atoms with E-state index in [9.17, 15) is 4.79 Å². The molecule has 1 aliphatic rings. The number of nitrogens with zero attached hydrogens (tertiary/aromatic N) is 1. The normalized spacial score (nSPS) is 15.6. The highest BCUT2D eigenvalue weighted by atomic mass is 79.9. The molecule has 1 aliphatic heterocycles. The van der Waals surface area contributed by atoms with Gasteiger partial charge < -0.3 is 18.9 Å². The Bertz CT molecular complexity index is 840. The molecule has 0 aromatic heterocycles. The van der Waals surface area contributed by atoms with E-state index in [-0.39, 0.29) is 6.61 Å². The summed E-state index contributed by atoms with van der Waals surface area (Å²) in [6.45, 7) is 0.125. The molecule has 0 aliphatic carbocycles. The number of halogens is 1. The van der Waals surface area contributed by atoms with E-state index in [0.29, 0.717) is 27.5 Å². The summed E-state index contributed by atoms with van der Waals surface area (Å²) in [5.41, 5.74) is 3.18. The molecule has 7 nitrogen and oxygen atoms in total. The zero-order valence-corrected chi connectivity index (χ0v) is 15.8. The van der Waals surface area contributed by atoms with Gasteiger partial charge in [0.2, 0.25) is 6.10 Å². The highest BCUT2D eigenvalue weighted by Gasteiger charge is 2.27. The molecule has 0 unspecified atom stereocenters. The average Bonchev–Trinajstić information content (AvgIpc) is 2.67. The number of benzene rings is 2. The van der Waals surface area contributed by atoms with Gasteiger partial charge in [0.25, 0.3) is 5.91 Å². The fourth-order valence-corrected chi connectivity index (χ4v) is 3.03. The Hall–Kier alpha value is -2.74. The molecular weight excluding hydrogens is 404 g/mol. The molecule has 0 spiro atoms. The smallest absolute Gasteiger partial charge is 0.284 e. The second kappa shape index (κ2) is 8.09. The topological polar surface area (TPSA) is 78.4 Å². The molecule has 2 aromatic rings. The monoisotopic (exact) mass is 420 g/mol. The van der Waals surface area contributed by atoms with Gasteiger partial charge in [-0.2, -0.15) is 5.10 Å². The quantitative estimate of drug-likeness (QED) is 0.594. The van der Waals surface area contributed by atoms with Crippen LogP contribution in [0.15, 0.2) is 46.0 Å². The van der Waals surface area contributed by atoms with E-state index >= 15 is 0 Å². The van der Waals surface area contributed by atoms with Crippen molar-refractivity contribution >= 4 is 28.1 Å². The Kier molecular flexibility index (Phi) is 5.62. The lowest BCUT2D eigenvalue weighted by molar-refractivity contribution is -0.130. The largest absolute Gasteiger partial charge is 0.493 e. The molecule has 1 N–H and O–H groups in total. The number of methoxy groups -OCH3 is 2. The molecule has 1 heterocycles. The van der Waals surface area contributed by atoms with Gasteiger partial charge in [-0.15, -0.1) is 0 Å². The van der Waals surface area contributed by atoms with Crippen LogP contribution in [0.2, 0.25) is 0 Å². The number of nitrogens with one attached hydrogen (secondary N) is 1. The van der Waals surface area contributed by atoms with Crippen LogP contribution in [0, 0.1) is 0 Å². The van der Waals surface area contributed by atoms with Crippen molar-refractivity contribution in [3.63, 3.8) is 0 Å². The van der Waals surface area contributed by atoms with Crippen molar-refractivity contribution in [2.75, 3.05) is 20.8 Å². The second-order valence-corrected chi connectivity index (χ2v) is 6.19. The number of hydrogen-bond donors (Lipinski definition) is 1. The van der Waals surface area contributed by atoms with Crippen molar-refractivity contribution in [3.05, 3.63) is 46.4 Å². The van der Waals surface area contributed by atoms with E-state index in [2.05, 4.69) is 26.5 Å². The highest BCUT2D eigenvalue weighted by molar-refractivity contribution is 9.10. The second-order valence-electron chi connectivity index (χ2n) is 5.34. The minimum Gasteiger partial charge on any atom is -0.493 e. The molecule has 8 heteroatoms. The molecular formula is C18H17BrN2O5. The van der Waals surface area contributed by atoms with Crippen molar-refractivity contribution < 1.29 is 23.7 Å². The molecule has 3 rings (SSSR count). The summed E-state index contributed by atoms with van der Waals surface area (Å²) in [6.07, 6.45) is 0.738. The molecule has 0 saturated carbocycles. The zero-order chi connectivity index (χ0) is 18.5. The van der Waals surface area contributed by atoms with Crippen molar-refractivity contribution in [2.45, 2.75) is 6.10 Å². The molecule has 0 saturated heterocycles. The SMILES string of the molecule is COc1cc(/C=N\NC(=O)[C@H]2COc3ccccc3O2)cc(Br)c1OC.